The van der Waals surface area contributed by atoms with Gasteiger partial charge < -0.3 is 0 Å². The summed E-state index contributed by atoms with van der Waals surface area (Å²) in [5.74, 6) is 1.99. The summed E-state index contributed by atoms with van der Waals surface area (Å²) in [4.78, 5) is 17.9. The van der Waals surface area contributed by atoms with Crippen molar-refractivity contribution in [2.24, 2.45) is 4.99 Å². The minimum absolute atomic E-state index is 0.180. The van der Waals surface area contributed by atoms with Gasteiger partial charge in [-0.25, -0.2) is 0 Å². The summed E-state index contributed by atoms with van der Waals surface area (Å²) >= 11 is 0.579. The van der Waals surface area contributed by atoms with Crippen LogP contribution in [0.3, 0.4) is 0 Å². The molecule has 0 rings (SSSR count). The number of esters is 1. The third-order valence-corrected chi connectivity index (χ3v) is 3.44. The van der Waals surface area contributed by atoms with Crippen molar-refractivity contribution in [1.82, 2.24) is 4.90 Å². The number of hydrogen-bond acceptors (Lipinski definition) is 3. The molecule has 0 radical (unpaired) electrons. The molecular weight excluding hydrogens is 283 g/mol. The number of unbranched alkanes of at least 4 members (excludes halogenated alkanes) is 1. The zero-order valence-electron chi connectivity index (χ0n) is 11.3. The van der Waals surface area contributed by atoms with E-state index in [2.05, 4.69) is 17.7 Å². The molecule has 0 saturated carbocycles. The van der Waals surface area contributed by atoms with E-state index >= 15 is 0 Å². The van der Waals surface area contributed by atoms with Crippen molar-refractivity contribution in [3.63, 3.8) is 0 Å². The van der Waals surface area contributed by atoms with E-state index in [1.807, 2.05) is 19.0 Å². The predicted molar refractivity (Wildman–Crippen MR) is 72.9 cm³/mol. The molecule has 5 heteroatoms. The quantitative estimate of drug-likeness (QED) is 0.215. The molecule has 0 amide bonds. The number of rotatable bonds is 9. The molecule has 0 spiro atoms. The Morgan fingerprint density at radius 3 is 2.76 bits per heavy atom. The maximum absolute atomic E-state index is 11.8. The van der Waals surface area contributed by atoms with Crippen LogP contribution in [0.2, 0.25) is 11.1 Å². The van der Waals surface area contributed by atoms with Crippen LogP contribution in [0.1, 0.15) is 26.2 Å². The molecule has 0 bridgehead atoms. The Morgan fingerprint density at radius 1 is 1.53 bits per heavy atom. The summed E-state index contributed by atoms with van der Waals surface area (Å²) in [6.45, 7) is 2.59. The van der Waals surface area contributed by atoms with Crippen molar-refractivity contribution in [1.29, 1.82) is 0 Å². The summed E-state index contributed by atoms with van der Waals surface area (Å²) in [5.41, 5.74) is 0. The summed E-state index contributed by atoms with van der Waals surface area (Å²) in [5, 5.41) is 1.06. The SMILES string of the molecule is CCCCOC(=O)C(CC[Se]C)N=CN(C)C. The molecule has 1 atom stereocenters. The zero-order valence-corrected chi connectivity index (χ0v) is 13.0. The number of hydrogen-bond donors (Lipinski definition) is 0. The molecule has 0 N–H and O–H groups in total. The van der Waals surface area contributed by atoms with Crippen molar-refractivity contribution < 1.29 is 9.53 Å². The molecule has 17 heavy (non-hydrogen) atoms. The first kappa shape index (κ1) is 16.5. The number of ether oxygens (including phenoxy) is 1. The van der Waals surface area contributed by atoms with Gasteiger partial charge in [-0.1, -0.05) is 0 Å². The molecule has 0 aromatic rings. The van der Waals surface area contributed by atoms with Crippen LogP contribution in [0.4, 0.5) is 0 Å². The van der Waals surface area contributed by atoms with Gasteiger partial charge in [-0.15, -0.1) is 0 Å². The molecule has 0 saturated heterocycles. The summed E-state index contributed by atoms with van der Waals surface area (Å²) in [7, 11) is 3.79. The summed E-state index contributed by atoms with van der Waals surface area (Å²) in [6, 6.07) is -0.323. The van der Waals surface area contributed by atoms with Crippen LogP contribution in [-0.4, -0.2) is 58.9 Å². The first-order chi connectivity index (χ1) is 8.11. The van der Waals surface area contributed by atoms with Crippen molar-refractivity contribution in [2.75, 3.05) is 20.7 Å². The Labute approximate surface area is 111 Å². The Hall–Kier alpha value is -0.541. The monoisotopic (exact) mass is 308 g/mol. The minimum atomic E-state index is -0.323. The van der Waals surface area contributed by atoms with Gasteiger partial charge in [-0.3, -0.25) is 0 Å². The number of carbonyl (C=O) groups is 1. The van der Waals surface area contributed by atoms with E-state index in [-0.39, 0.29) is 12.0 Å². The molecule has 0 aliphatic heterocycles. The van der Waals surface area contributed by atoms with Gasteiger partial charge in [0.1, 0.15) is 0 Å². The van der Waals surface area contributed by atoms with Gasteiger partial charge in [0.2, 0.25) is 0 Å². The van der Waals surface area contributed by atoms with Gasteiger partial charge in [-0.2, -0.15) is 0 Å². The molecular formula is C12H24N2O2Se. The van der Waals surface area contributed by atoms with Crippen LogP contribution in [0.5, 0.6) is 0 Å². The topological polar surface area (TPSA) is 41.9 Å². The molecule has 0 heterocycles. The number of nitrogens with zero attached hydrogens (tertiary/aromatic N) is 2. The molecule has 1 unspecified atom stereocenters. The second-order valence-electron chi connectivity index (χ2n) is 4.05. The second kappa shape index (κ2) is 10.6. The fourth-order valence-corrected chi connectivity index (χ4v) is 2.07. The van der Waals surface area contributed by atoms with Crippen LogP contribution in [0, 0.1) is 0 Å². The Balaban J connectivity index is 4.19. The van der Waals surface area contributed by atoms with Crippen LogP contribution in [0.25, 0.3) is 0 Å². The van der Waals surface area contributed by atoms with Crippen molar-refractivity contribution in [3.05, 3.63) is 0 Å². The molecule has 4 nitrogen and oxygen atoms in total. The Bertz CT molecular complexity index is 233. The first-order valence-electron chi connectivity index (χ1n) is 5.97. The summed E-state index contributed by atoms with van der Waals surface area (Å²) < 4.78 is 5.21. The van der Waals surface area contributed by atoms with E-state index in [0.29, 0.717) is 21.6 Å². The molecule has 0 aromatic heterocycles. The van der Waals surface area contributed by atoms with E-state index in [1.165, 1.54) is 0 Å². The van der Waals surface area contributed by atoms with Crippen LogP contribution < -0.4 is 0 Å². The fraction of sp³-hybridized carbons (Fsp3) is 0.833. The van der Waals surface area contributed by atoms with Gasteiger partial charge in [-0.05, 0) is 0 Å². The average molecular weight is 307 g/mol. The van der Waals surface area contributed by atoms with E-state index in [9.17, 15) is 4.79 Å². The van der Waals surface area contributed by atoms with Gasteiger partial charge in [0, 0.05) is 0 Å². The maximum atomic E-state index is 11.8. The number of aliphatic imine (C=N–C) groups is 1. The molecule has 0 fully saturated rings. The van der Waals surface area contributed by atoms with E-state index in [4.69, 9.17) is 4.74 Å². The molecule has 0 aliphatic carbocycles. The first-order valence-corrected chi connectivity index (χ1v) is 8.89. The summed E-state index contributed by atoms with van der Waals surface area (Å²) in [6.07, 6.45) is 4.45. The second-order valence-corrected chi connectivity index (χ2v) is 6.11. The van der Waals surface area contributed by atoms with E-state index < -0.39 is 0 Å². The van der Waals surface area contributed by atoms with Crippen molar-refractivity contribution in [2.45, 2.75) is 43.4 Å². The van der Waals surface area contributed by atoms with Crippen LogP contribution in [-0.2, 0) is 9.53 Å². The average Bonchev–Trinajstić information content (AvgIpc) is 2.29. The normalized spacial score (nSPS) is 12.7. The van der Waals surface area contributed by atoms with Crippen molar-refractivity contribution >= 4 is 27.3 Å². The Kier molecular flexibility index (Phi) is 10.3. The van der Waals surface area contributed by atoms with Crippen LogP contribution >= 0.6 is 0 Å². The standard InChI is InChI=1S/C12H24N2O2Se/c1-5-6-8-16-12(15)11(7-9-17-4)13-10-14(2)3/h10-11H,5-9H2,1-4H3. The third-order valence-electron chi connectivity index (χ3n) is 2.09. The fourth-order valence-electron chi connectivity index (χ4n) is 1.11. The van der Waals surface area contributed by atoms with Gasteiger partial charge in [0.15, 0.2) is 0 Å². The predicted octanol–water partition coefficient (Wildman–Crippen LogP) is 1.85. The van der Waals surface area contributed by atoms with Crippen molar-refractivity contribution in [3.8, 4) is 0 Å². The molecule has 100 valence electrons. The van der Waals surface area contributed by atoms with E-state index in [1.54, 1.807) is 6.34 Å². The van der Waals surface area contributed by atoms with E-state index in [0.717, 1.165) is 24.6 Å². The van der Waals surface area contributed by atoms with Gasteiger partial charge >= 0.3 is 111 Å². The van der Waals surface area contributed by atoms with Gasteiger partial charge in [0.05, 0.1) is 0 Å². The number of carbonyl (C=O) groups excluding carboxylic acids is 1. The molecule has 0 aromatic carbocycles. The van der Waals surface area contributed by atoms with Gasteiger partial charge in [0.25, 0.3) is 0 Å². The van der Waals surface area contributed by atoms with Crippen LogP contribution in [0.15, 0.2) is 4.99 Å². The third kappa shape index (κ3) is 9.19. The zero-order chi connectivity index (χ0) is 13.1. The Morgan fingerprint density at radius 2 is 2.24 bits per heavy atom. The molecule has 0 aliphatic rings.